The minimum absolute atomic E-state index is 0.111. The monoisotopic (exact) mass is 392 g/mol. The molecule has 124 valence electrons. The van der Waals surface area contributed by atoms with Gasteiger partial charge in [-0.05, 0) is 40.9 Å². The highest BCUT2D eigenvalue weighted by Crippen LogP contribution is 2.58. The molecule has 0 radical (unpaired) electrons. The van der Waals surface area contributed by atoms with Crippen LogP contribution in [0.3, 0.4) is 0 Å². The third kappa shape index (κ3) is 2.84. The largest absolute Gasteiger partial charge is 0.399 e. The average molecular weight is 393 g/mol. The number of oxime groups is 1. The predicted octanol–water partition coefficient (Wildman–Crippen LogP) is 4.87. The van der Waals surface area contributed by atoms with Crippen LogP contribution in [0.5, 0.6) is 0 Å². The summed E-state index contributed by atoms with van der Waals surface area (Å²) in [5.74, 6) is -0.487. The Labute approximate surface area is 138 Å². The molecule has 23 heavy (non-hydrogen) atoms. The smallest absolute Gasteiger partial charge is 0.396 e. The number of halogens is 5. The van der Waals surface area contributed by atoms with Crippen molar-refractivity contribution in [1.29, 1.82) is 0 Å². The zero-order valence-corrected chi connectivity index (χ0v) is 13.7. The van der Waals surface area contributed by atoms with Gasteiger partial charge in [-0.3, -0.25) is 0 Å². The highest BCUT2D eigenvalue weighted by atomic mass is 79.9. The van der Waals surface area contributed by atoms with Crippen molar-refractivity contribution >= 4 is 33.0 Å². The minimum Gasteiger partial charge on any atom is -0.399 e. The molecule has 8 heteroatoms. The van der Waals surface area contributed by atoms with E-state index in [2.05, 4.69) is 25.9 Å². The molecule has 0 unspecified atom stereocenters. The molecule has 1 saturated carbocycles. The first-order valence-corrected chi connectivity index (χ1v) is 7.68. The van der Waals surface area contributed by atoms with E-state index in [-0.39, 0.29) is 23.9 Å². The van der Waals surface area contributed by atoms with E-state index in [4.69, 9.17) is 0 Å². The molecule has 1 aliphatic rings. The van der Waals surface area contributed by atoms with Gasteiger partial charge in [-0.25, -0.2) is 4.39 Å². The van der Waals surface area contributed by atoms with E-state index in [1.165, 1.54) is 30.0 Å². The quantitative estimate of drug-likeness (QED) is 0.414. The number of benzene rings is 1. The molecule has 0 spiro atoms. The fourth-order valence-corrected chi connectivity index (χ4v) is 2.99. The minimum atomic E-state index is -4.25. The van der Waals surface area contributed by atoms with E-state index in [0.717, 1.165) is 0 Å². The molecule has 1 aromatic carbocycles. The maximum Gasteiger partial charge on any atom is 0.396 e. The standard InChI is InChI=1S/C15H13BrF4N2O/c1-23-21-6-9-7-22(8-14(2-3-14)15(18,19)20)13-5-11(16)12(17)4-10(9)13/h4-7H,2-3,8H2,1H3/b21-6+. The van der Waals surface area contributed by atoms with Gasteiger partial charge in [-0.1, -0.05) is 5.16 Å². The number of rotatable bonds is 4. The summed E-state index contributed by atoms with van der Waals surface area (Å²) in [6.07, 6.45) is -1.12. The Bertz CT molecular complexity index is 778. The van der Waals surface area contributed by atoms with E-state index in [0.29, 0.717) is 16.5 Å². The molecule has 0 amide bonds. The lowest BCUT2D eigenvalue weighted by Crippen LogP contribution is -2.28. The van der Waals surface area contributed by atoms with Gasteiger partial charge in [0, 0.05) is 23.7 Å². The molecular weight excluding hydrogens is 380 g/mol. The average Bonchev–Trinajstić information content (AvgIpc) is 3.19. The topological polar surface area (TPSA) is 26.5 Å². The molecule has 1 heterocycles. The molecule has 0 aliphatic heterocycles. The van der Waals surface area contributed by atoms with E-state index in [1.54, 1.807) is 6.20 Å². The van der Waals surface area contributed by atoms with Crippen molar-refractivity contribution in [2.75, 3.05) is 7.11 Å². The number of nitrogens with zero attached hydrogens (tertiary/aromatic N) is 2. The second-order valence-corrected chi connectivity index (χ2v) is 6.55. The Morgan fingerprint density at radius 1 is 1.39 bits per heavy atom. The normalized spacial score (nSPS) is 17.1. The van der Waals surface area contributed by atoms with Crippen molar-refractivity contribution in [3.8, 4) is 0 Å². The van der Waals surface area contributed by atoms with E-state index < -0.39 is 17.4 Å². The lowest BCUT2D eigenvalue weighted by atomic mass is 10.1. The van der Waals surface area contributed by atoms with Crippen molar-refractivity contribution in [3.63, 3.8) is 0 Å². The van der Waals surface area contributed by atoms with E-state index in [9.17, 15) is 17.6 Å². The molecule has 1 aliphatic carbocycles. The summed E-state index contributed by atoms with van der Waals surface area (Å²) in [6, 6.07) is 2.77. The van der Waals surface area contributed by atoms with Gasteiger partial charge in [0.1, 0.15) is 12.9 Å². The molecule has 2 aromatic rings. The zero-order chi connectivity index (χ0) is 16.8. The molecular formula is C15H13BrF4N2O. The van der Waals surface area contributed by atoms with Gasteiger partial charge >= 0.3 is 6.18 Å². The molecule has 1 aromatic heterocycles. The van der Waals surface area contributed by atoms with Gasteiger partial charge in [0.2, 0.25) is 0 Å². The van der Waals surface area contributed by atoms with Crippen LogP contribution in [0.25, 0.3) is 10.9 Å². The third-order valence-corrected chi connectivity index (χ3v) is 4.79. The highest BCUT2D eigenvalue weighted by Gasteiger charge is 2.63. The lowest BCUT2D eigenvalue weighted by molar-refractivity contribution is -0.190. The molecule has 0 saturated heterocycles. The zero-order valence-electron chi connectivity index (χ0n) is 12.1. The van der Waals surface area contributed by atoms with Crippen LogP contribution >= 0.6 is 15.9 Å². The van der Waals surface area contributed by atoms with Crippen LogP contribution in [0.15, 0.2) is 28.0 Å². The second-order valence-electron chi connectivity index (χ2n) is 5.69. The Morgan fingerprint density at radius 2 is 2.09 bits per heavy atom. The summed E-state index contributed by atoms with van der Waals surface area (Å²) in [5.41, 5.74) is -0.660. The van der Waals surface area contributed by atoms with Crippen LogP contribution in [0.2, 0.25) is 0 Å². The number of hydrogen-bond acceptors (Lipinski definition) is 2. The summed E-state index contributed by atoms with van der Waals surface area (Å²) in [6.45, 7) is -0.189. The van der Waals surface area contributed by atoms with E-state index in [1.807, 2.05) is 0 Å². The van der Waals surface area contributed by atoms with Gasteiger partial charge in [-0.15, -0.1) is 0 Å². The molecule has 0 bridgehead atoms. The first kappa shape index (κ1) is 16.3. The van der Waals surface area contributed by atoms with Gasteiger partial charge in [0.05, 0.1) is 21.6 Å². The number of hydrogen-bond donors (Lipinski definition) is 0. The summed E-state index contributed by atoms with van der Waals surface area (Å²) in [5, 5.41) is 4.11. The number of alkyl halides is 3. The van der Waals surface area contributed by atoms with Crippen molar-refractivity contribution in [2.24, 2.45) is 10.6 Å². The fourth-order valence-electron chi connectivity index (χ4n) is 2.66. The number of aromatic nitrogens is 1. The van der Waals surface area contributed by atoms with Gasteiger partial charge < -0.3 is 9.40 Å². The van der Waals surface area contributed by atoms with Gasteiger partial charge in [0.25, 0.3) is 0 Å². The second kappa shape index (κ2) is 5.51. The van der Waals surface area contributed by atoms with Crippen LogP contribution in [0, 0.1) is 11.2 Å². The van der Waals surface area contributed by atoms with Crippen LogP contribution in [0.1, 0.15) is 18.4 Å². The first-order chi connectivity index (χ1) is 10.8. The number of fused-ring (bicyclic) bond motifs is 1. The maximum atomic E-state index is 13.8. The third-order valence-electron chi connectivity index (χ3n) is 4.18. The van der Waals surface area contributed by atoms with Crippen LogP contribution in [0.4, 0.5) is 17.6 Å². The Hall–Kier alpha value is -1.57. The highest BCUT2D eigenvalue weighted by molar-refractivity contribution is 9.10. The van der Waals surface area contributed by atoms with Crippen molar-refractivity contribution in [2.45, 2.75) is 25.6 Å². The van der Waals surface area contributed by atoms with Crippen molar-refractivity contribution in [1.82, 2.24) is 4.57 Å². The maximum absolute atomic E-state index is 13.8. The molecule has 0 N–H and O–H groups in total. The van der Waals surface area contributed by atoms with Crippen LogP contribution < -0.4 is 0 Å². The summed E-state index contributed by atoms with van der Waals surface area (Å²) >= 11 is 3.08. The summed E-state index contributed by atoms with van der Waals surface area (Å²) < 4.78 is 55.1. The van der Waals surface area contributed by atoms with Gasteiger partial charge in [0.15, 0.2) is 0 Å². The molecule has 3 nitrogen and oxygen atoms in total. The first-order valence-electron chi connectivity index (χ1n) is 6.88. The molecule has 1 fully saturated rings. The Balaban J connectivity index is 2.10. The Kier molecular flexibility index (Phi) is 3.90. The van der Waals surface area contributed by atoms with Crippen LogP contribution in [-0.4, -0.2) is 24.1 Å². The van der Waals surface area contributed by atoms with Crippen molar-refractivity contribution < 1.29 is 22.4 Å². The lowest BCUT2D eigenvalue weighted by Gasteiger charge is -2.20. The predicted molar refractivity (Wildman–Crippen MR) is 81.9 cm³/mol. The van der Waals surface area contributed by atoms with Gasteiger partial charge in [-0.2, -0.15) is 13.2 Å². The summed E-state index contributed by atoms with van der Waals surface area (Å²) in [7, 11) is 1.36. The summed E-state index contributed by atoms with van der Waals surface area (Å²) in [4.78, 5) is 4.60. The van der Waals surface area contributed by atoms with E-state index >= 15 is 0 Å². The Morgan fingerprint density at radius 3 is 2.65 bits per heavy atom. The van der Waals surface area contributed by atoms with Crippen LogP contribution in [-0.2, 0) is 11.4 Å². The molecule has 0 atom stereocenters. The van der Waals surface area contributed by atoms with Crippen molar-refractivity contribution in [3.05, 3.63) is 34.2 Å². The SMILES string of the molecule is CO/N=C/c1cn(CC2(C(F)(F)F)CC2)c2cc(Br)c(F)cc12. The molecule has 3 rings (SSSR count). The fraction of sp³-hybridized carbons (Fsp3) is 0.400.